The molecule has 0 saturated carbocycles. The van der Waals surface area contributed by atoms with E-state index >= 15 is 0 Å². The zero-order valence-electron chi connectivity index (χ0n) is 10.5. The van der Waals surface area contributed by atoms with Gasteiger partial charge in [0.25, 0.3) is 0 Å². The van der Waals surface area contributed by atoms with Gasteiger partial charge in [-0.15, -0.1) is 20.4 Å². The Labute approximate surface area is 114 Å². The summed E-state index contributed by atoms with van der Waals surface area (Å²) in [5.41, 5.74) is 2.09. The molecule has 0 saturated heterocycles. The van der Waals surface area contributed by atoms with Gasteiger partial charge in [0.2, 0.25) is 0 Å². The highest BCUT2D eigenvalue weighted by Crippen LogP contribution is 2.27. The van der Waals surface area contributed by atoms with Crippen LogP contribution in [-0.2, 0) is 0 Å². The van der Waals surface area contributed by atoms with Crippen LogP contribution in [0.1, 0.15) is 0 Å². The Morgan fingerprint density at radius 3 is 1.35 bits per heavy atom. The van der Waals surface area contributed by atoms with E-state index in [1.807, 2.05) is 33.4 Å². The van der Waals surface area contributed by atoms with Gasteiger partial charge < -0.3 is 0 Å². The number of benzene rings is 2. The third-order valence-corrected chi connectivity index (χ3v) is 3.27. The average molecular weight is 262 g/mol. The van der Waals surface area contributed by atoms with Crippen LogP contribution in [0.15, 0.2) is 61.7 Å². The molecule has 0 aliphatic carbocycles. The lowest BCUT2D eigenvalue weighted by molar-refractivity contribution is 1.05. The van der Waals surface area contributed by atoms with Crippen molar-refractivity contribution in [3.8, 4) is 11.4 Å². The van der Waals surface area contributed by atoms with Crippen molar-refractivity contribution in [1.29, 1.82) is 0 Å². The van der Waals surface area contributed by atoms with E-state index in [1.54, 1.807) is 25.3 Å². The lowest BCUT2D eigenvalue weighted by atomic mass is 10.1. The lowest BCUT2D eigenvalue weighted by Crippen LogP contribution is -1.97. The molecule has 0 spiro atoms. The molecule has 96 valence electrons. The first kappa shape index (κ1) is 10.9. The average Bonchev–Trinajstić information content (AvgIpc) is 3.19. The normalized spacial score (nSPS) is 11.0. The summed E-state index contributed by atoms with van der Waals surface area (Å²) in [6.45, 7) is 0. The third-order valence-electron chi connectivity index (χ3n) is 3.27. The fraction of sp³-hybridized carbons (Fsp3) is 0. The molecule has 0 bridgehead atoms. The van der Waals surface area contributed by atoms with Gasteiger partial charge in [-0.05, 0) is 12.1 Å². The highest BCUT2D eigenvalue weighted by Gasteiger charge is 2.08. The zero-order valence-corrected chi connectivity index (χ0v) is 10.5. The summed E-state index contributed by atoms with van der Waals surface area (Å²) in [4.78, 5) is 0. The molecule has 2 heterocycles. The van der Waals surface area contributed by atoms with Crippen LogP contribution in [-0.4, -0.2) is 29.5 Å². The van der Waals surface area contributed by atoms with Gasteiger partial charge in [-0.3, -0.25) is 9.13 Å². The Bertz CT molecular complexity index is 776. The molecule has 4 rings (SSSR count). The maximum absolute atomic E-state index is 3.87. The molecule has 6 nitrogen and oxygen atoms in total. The van der Waals surface area contributed by atoms with E-state index < -0.39 is 0 Å². The summed E-state index contributed by atoms with van der Waals surface area (Å²) in [5.74, 6) is 0. The highest BCUT2D eigenvalue weighted by molar-refractivity contribution is 5.96. The summed E-state index contributed by atoms with van der Waals surface area (Å²) >= 11 is 0. The van der Waals surface area contributed by atoms with Crippen LogP contribution in [0.2, 0.25) is 0 Å². The third kappa shape index (κ3) is 1.58. The summed E-state index contributed by atoms with van der Waals surface area (Å²) in [5, 5.41) is 17.7. The quantitative estimate of drug-likeness (QED) is 0.554. The van der Waals surface area contributed by atoms with E-state index in [-0.39, 0.29) is 0 Å². The van der Waals surface area contributed by atoms with Gasteiger partial charge in [0, 0.05) is 10.8 Å². The minimum atomic E-state index is 1.04. The smallest absolute Gasteiger partial charge is 0.123 e. The topological polar surface area (TPSA) is 61.4 Å². The molecule has 0 fully saturated rings. The van der Waals surface area contributed by atoms with E-state index in [0.29, 0.717) is 0 Å². The zero-order chi connectivity index (χ0) is 13.4. The van der Waals surface area contributed by atoms with Crippen molar-refractivity contribution >= 4 is 10.8 Å². The van der Waals surface area contributed by atoms with Gasteiger partial charge in [-0.2, -0.15) is 0 Å². The van der Waals surface area contributed by atoms with Crippen molar-refractivity contribution in [2.45, 2.75) is 0 Å². The molecule has 20 heavy (non-hydrogen) atoms. The monoisotopic (exact) mass is 262 g/mol. The molecule has 4 aromatic rings. The predicted octanol–water partition coefficient (Wildman–Crippen LogP) is 2.00. The Morgan fingerprint density at radius 1 is 0.550 bits per heavy atom. The molecule has 0 atom stereocenters. The molecule has 0 aliphatic heterocycles. The van der Waals surface area contributed by atoms with Crippen LogP contribution < -0.4 is 0 Å². The Kier molecular flexibility index (Phi) is 2.32. The Morgan fingerprint density at radius 2 is 0.950 bits per heavy atom. The fourth-order valence-electron chi connectivity index (χ4n) is 2.37. The molecule has 0 aliphatic rings. The maximum Gasteiger partial charge on any atom is 0.123 e. The van der Waals surface area contributed by atoms with E-state index in [1.165, 1.54) is 0 Å². The van der Waals surface area contributed by atoms with Crippen molar-refractivity contribution < 1.29 is 0 Å². The van der Waals surface area contributed by atoms with Gasteiger partial charge in [0.05, 0.1) is 11.4 Å². The van der Waals surface area contributed by atoms with Crippen LogP contribution in [0.4, 0.5) is 0 Å². The minimum absolute atomic E-state index is 1.04. The van der Waals surface area contributed by atoms with E-state index in [0.717, 1.165) is 22.1 Å². The SMILES string of the molecule is c1ccc2c(-n3cnnc3)ccc(-n3cnnc3)c2c1. The van der Waals surface area contributed by atoms with Gasteiger partial charge in [0.1, 0.15) is 25.3 Å². The van der Waals surface area contributed by atoms with Crippen molar-refractivity contribution in [3.63, 3.8) is 0 Å². The molecular weight excluding hydrogens is 252 g/mol. The van der Waals surface area contributed by atoms with Gasteiger partial charge in [0.15, 0.2) is 0 Å². The fourth-order valence-corrected chi connectivity index (χ4v) is 2.37. The Hall–Kier alpha value is -3.02. The van der Waals surface area contributed by atoms with Crippen LogP contribution in [0.5, 0.6) is 0 Å². The Balaban J connectivity index is 2.05. The maximum atomic E-state index is 3.87. The predicted molar refractivity (Wildman–Crippen MR) is 73.8 cm³/mol. The standard InChI is InChI=1S/C14H10N6/c1-2-4-12-11(3-1)13(19-7-15-16-8-19)5-6-14(12)20-9-17-18-10-20/h1-10H. The summed E-state index contributed by atoms with van der Waals surface area (Å²) in [6, 6.07) is 12.3. The molecule has 2 aromatic heterocycles. The van der Waals surface area contributed by atoms with E-state index in [4.69, 9.17) is 0 Å². The molecule has 0 radical (unpaired) electrons. The van der Waals surface area contributed by atoms with Gasteiger partial charge in [-0.1, -0.05) is 24.3 Å². The number of fused-ring (bicyclic) bond motifs is 1. The second-order valence-electron chi connectivity index (χ2n) is 4.39. The van der Waals surface area contributed by atoms with Crippen LogP contribution in [0.25, 0.3) is 22.1 Å². The molecule has 0 N–H and O–H groups in total. The van der Waals surface area contributed by atoms with Gasteiger partial charge in [-0.25, -0.2) is 0 Å². The number of hydrogen-bond donors (Lipinski definition) is 0. The van der Waals surface area contributed by atoms with Crippen LogP contribution in [0.3, 0.4) is 0 Å². The first-order valence-corrected chi connectivity index (χ1v) is 6.15. The number of rotatable bonds is 2. The second kappa shape index (κ2) is 4.27. The first-order valence-electron chi connectivity index (χ1n) is 6.15. The molecule has 0 unspecified atom stereocenters. The van der Waals surface area contributed by atoms with E-state index in [2.05, 4.69) is 32.5 Å². The van der Waals surface area contributed by atoms with Crippen molar-refractivity contribution in [2.75, 3.05) is 0 Å². The lowest BCUT2D eigenvalue weighted by Gasteiger charge is -2.11. The summed E-state index contributed by atoms with van der Waals surface area (Å²) in [6.07, 6.45) is 6.78. The first-order chi connectivity index (χ1) is 9.93. The van der Waals surface area contributed by atoms with Crippen molar-refractivity contribution in [2.24, 2.45) is 0 Å². The minimum Gasteiger partial charge on any atom is -0.288 e. The van der Waals surface area contributed by atoms with Crippen molar-refractivity contribution in [3.05, 3.63) is 61.7 Å². The van der Waals surface area contributed by atoms with Crippen LogP contribution in [0, 0.1) is 0 Å². The second-order valence-corrected chi connectivity index (χ2v) is 4.39. The number of nitrogens with zero attached hydrogens (tertiary/aromatic N) is 6. The molecule has 0 amide bonds. The van der Waals surface area contributed by atoms with Crippen molar-refractivity contribution in [1.82, 2.24) is 29.5 Å². The largest absolute Gasteiger partial charge is 0.288 e. The number of hydrogen-bond acceptors (Lipinski definition) is 4. The highest BCUT2D eigenvalue weighted by atomic mass is 15.2. The summed E-state index contributed by atoms with van der Waals surface area (Å²) in [7, 11) is 0. The van der Waals surface area contributed by atoms with Gasteiger partial charge >= 0.3 is 0 Å². The summed E-state index contributed by atoms with van der Waals surface area (Å²) < 4.78 is 3.80. The van der Waals surface area contributed by atoms with E-state index in [9.17, 15) is 0 Å². The number of aromatic nitrogens is 6. The molecule has 2 aromatic carbocycles. The van der Waals surface area contributed by atoms with Crippen LogP contribution >= 0.6 is 0 Å². The molecular formula is C14H10N6. The molecule has 6 heteroatoms.